The number of carbonyl (C=O) groups is 1. The van der Waals surface area contributed by atoms with E-state index in [4.69, 9.17) is 4.74 Å². The van der Waals surface area contributed by atoms with Crippen LogP contribution in [0.15, 0.2) is 54.6 Å². The zero-order valence-electron chi connectivity index (χ0n) is 14.3. The molecule has 0 fully saturated rings. The van der Waals surface area contributed by atoms with E-state index in [-0.39, 0.29) is 23.3 Å². The van der Waals surface area contributed by atoms with Crippen molar-refractivity contribution in [2.45, 2.75) is 32.3 Å². The Labute approximate surface area is 147 Å². The third-order valence-electron chi connectivity index (χ3n) is 4.02. The average Bonchev–Trinajstić information content (AvgIpc) is 2.63. The predicted molar refractivity (Wildman–Crippen MR) is 95.7 cm³/mol. The van der Waals surface area contributed by atoms with Gasteiger partial charge in [-0.05, 0) is 25.0 Å². The summed E-state index contributed by atoms with van der Waals surface area (Å²) in [5.74, 6) is 0.00111. The van der Waals surface area contributed by atoms with E-state index in [2.05, 4.69) is 12.2 Å². The van der Waals surface area contributed by atoms with E-state index < -0.39 is 11.0 Å². The van der Waals surface area contributed by atoms with Gasteiger partial charge in [-0.2, -0.15) is 0 Å². The molecular weight excluding hydrogens is 320 g/mol. The molecule has 132 valence electrons. The van der Waals surface area contributed by atoms with Gasteiger partial charge in [-0.25, -0.2) is 0 Å². The molecular formula is C19H22N2O4. The maximum atomic E-state index is 12.3. The Morgan fingerprint density at radius 2 is 1.80 bits per heavy atom. The van der Waals surface area contributed by atoms with E-state index in [9.17, 15) is 14.9 Å². The third-order valence-corrected chi connectivity index (χ3v) is 4.02. The van der Waals surface area contributed by atoms with Crippen LogP contribution in [0.2, 0.25) is 0 Å². The van der Waals surface area contributed by atoms with Gasteiger partial charge in [-0.1, -0.05) is 49.4 Å². The third kappa shape index (κ3) is 5.04. The monoisotopic (exact) mass is 342 g/mol. The molecule has 0 heterocycles. The highest BCUT2D eigenvalue weighted by molar-refractivity contribution is 5.80. The molecule has 0 saturated heterocycles. The number of amides is 1. The summed E-state index contributed by atoms with van der Waals surface area (Å²) in [6.45, 7) is 4.14. The molecule has 0 aliphatic carbocycles. The summed E-state index contributed by atoms with van der Waals surface area (Å²) >= 11 is 0. The molecule has 2 atom stereocenters. The Morgan fingerprint density at radius 3 is 2.44 bits per heavy atom. The molecule has 1 amide bonds. The van der Waals surface area contributed by atoms with Gasteiger partial charge in [0.1, 0.15) is 0 Å². The number of nitrogens with zero attached hydrogens (tertiary/aromatic N) is 1. The van der Waals surface area contributed by atoms with E-state index in [1.807, 2.05) is 30.3 Å². The number of benzene rings is 2. The van der Waals surface area contributed by atoms with Crippen molar-refractivity contribution in [3.05, 3.63) is 70.3 Å². The molecule has 1 N–H and O–H groups in total. The largest absolute Gasteiger partial charge is 0.474 e. The molecule has 0 unspecified atom stereocenters. The topological polar surface area (TPSA) is 81.5 Å². The minimum absolute atomic E-state index is 0.0882. The summed E-state index contributed by atoms with van der Waals surface area (Å²) < 4.78 is 5.49. The number of ether oxygens (including phenoxy) is 1. The van der Waals surface area contributed by atoms with Crippen LogP contribution in [0.25, 0.3) is 0 Å². The van der Waals surface area contributed by atoms with Gasteiger partial charge >= 0.3 is 5.69 Å². The molecule has 0 aliphatic rings. The Morgan fingerprint density at radius 1 is 1.16 bits per heavy atom. The molecule has 2 rings (SSSR count). The van der Waals surface area contributed by atoms with Gasteiger partial charge in [0.2, 0.25) is 0 Å². The highest BCUT2D eigenvalue weighted by Gasteiger charge is 2.21. The number of rotatable bonds is 8. The highest BCUT2D eigenvalue weighted by Crippen LogP contribution is 2.26. The smallest absolute Gasteiger partial charge is 0.310 e. The molecule has 2 aromatic carbocycles. The standard InChI is InChI=1S/C19H22N2O4/c1-3-15(16-9-5-4-6-10-16)13-20-19(22)14(2)25-18-12-8-7-11-17(18)21(23)24/h4-12,14-15H,3,13H2,1-2H3,(H,20,22)/t14-,15+/m1/s1. The van der Waals surface area contributed by atoms with Crippen molar-refractivity contribution < 1.29 is 14.5 Å². The van der Waals surface area contributed by atoms with Gasteiger partial charge in [-0.3, -0.25) is 14.9 Å². The zero-order valence-corrected chi connectivity index (χ0v) is 14.3. The lowest BCUT2D eigenvalue weighted by atomic mass is 9.96. The van der Waals surface area contributed by atoms with Gasteiger partial charge in [0.15, 0.2) is 11.9 Å². The van der Waals surface area contributed by atoms with Crippen LogP contribution < -0.4 is 10.1 Å². The number of nitro groups is 1. The van der Waals surface area contributed by atoms with Gasteiger partial charge in [-0.15, -0.1) is 0 Å². The molecule has 6 heteroatoms. The van der Waals surface area contributed by atoms with E-state index in [1.165, 1.54) is 12.1 Å². The maximum Gasteiger partial charge on any atom is 0.310 e. The quantitative estimate of drug-likeness (QED) is 0.586. The van der Waals surface area contributed by atoms with Crippen molar-refractivity contribution in [3.8, 4) is 5.75 Å². The van der Waals surface area contributed by atoms with Crippen LogP contribution >= 0.6 is 0 Å². The van der Waals surface area contributed by atoms with Crippen LogP contribution in [0.4, 0.5) is 5.69 Å². The lowest BCUT2D eigenvalue weighted by molar-refractivity contribution is -0.386. The second-order valence-electron chi connectivity index (χ2n) is 5.75. The second kappa shape index (κ2) is 8.82. The molecule has 0 aromatic heterocycles. The second-order valence-corrected chi connectivity index (χ2v) is 5.75. The molecule has 0 aliphatic heterocycles. The van der Waals surface area contributed by atoms with Crippen LogP contribution in [-0.4, -0.2) is 23.5 Å². The first-order valence-corrected chi connectivity index (χ1v) is 8.25. The number of nitro benzene ring substituents is 1. The average molecular weight is 342 g/mol. The van der Waals surface area contributed by atoms with E-state index >= 15 is 0 Å². The van der Waals surface area contributed by atoms with Crippen LogP contribution in [-0.2, 0) is 4.79 Å². The van der Waals surface area contributed by atoms with Crippen LogP contribution in [0.1, 0.15) is 31.7 Å². The molecule has 0 radical (unpaired) electrons. The van der Waals surface area contributed by atoms with Crippen molar-refractivity contribution in [2.75, 3.05) is 6.54 Å². The van der Waals surface area contributed by atoms with E-state index in [0.717, 1.165) is 12.0 Å². The number of hydrogen-bond donors (Lipinski definition) is 1. The Bertz CT molecular complexity index is 718. The lowest BCUT2D eigenvalue weighted by Crippen LogP contribution is -2.38. The Kier molecular flexibility index (Phi) is 6.51. The van der Waals surface area contributed by atoms with Gasteiger partial charge in [0.25, 0.3) is 5.91 Å². The summed E-state index contributed by atoms with van der Waals surface area (Å²) in [7, 11) is 0. The molecule has 0 bridgehead atoms. The van der Waals surface area contributed by atoms with E-state index in [0.29, 0.717) is 6.54 Å². The van der Waals surface area contributed by atoms with Gasteiger partial charge < -0.3 is 10.1 Å². The SMILES string of the molecule is CC[C@@H](CNC(=O)[C@@H](C)Oc1ccccc1[N+](=O)[O-])c1ccccc1. The molecule has 6 nitrogen and oxygen atoms in total. The summed E-state index contributed by atoms with van der Waals surface area (Å²) in [6, 6.07) is 16.0. The maximum absolute atomic E-state index is 12.3. The number of para-hydroxylation sites is 2. The van der Waals surface area contributed by atoms with Crippen molar-refractivity contribution >= 4 is 11.6 Å². The van der Waals surface area contributed by atoms with Crippen LogP contribution in [0.3, 0.4) is 0 Å². The van der Waals surface area contributed by atoms with Gasteiger partial charge in [0.05, 0.1) is 4.92 Å². The fourth-order valence-electron chi connectivity index (χ4n) is 2.54. The summed E-state index contributed by atoms with van der Waals surface area (Å²) in [5.41, 5.74) is 1.01. The summed E-state index contributed by atoms with van der Waals surface area (Å²) in [5, 5.41) is 13.9. The van der Waals surface area contributed by atoms with Gasteiger partial charge in [0, 0.05) is 18.5 Å². The molecule has 25 heavy (non-hydrogen) atoms. The lowest BCUT2D eigenvalue weighted by Gasteiger charge is -2.19. The predicted octanol–water partition coefficient (Wildman–Crippen LogP) is 3.67. The van der Waals surface area contributed by atoms with Crippen molar-refractivity contribution in [1.82, 2.24) is 5.32 Å². The first-order valence-electron chi connectivity index (χ1n) is 8.25. The minimum Gasteiger partial charge on any atom is -0.474 e. The number of nitrogens with one attached hydrogen (secondary N) is 1. The fourth-order valence-corrected chi connectivity index (χ4v) is 2.54. The first kappa shape index (κ1) is 18.4. The van der Waals surface area contributed by atoms with Crippen LogP contribution in [0.5, 0.6) is 5.75 Å². The Balaban J connectivity index is 1.95. The van der Waals surface area contributed by atoms with Crippen molar-refractivity contribution in [2.24, 2.45) is 0 Å². The van der Waals surface area contributed by atoms with E-state index in [1.54, 1.807) is 19.1 Å². The Hall–Kier alpha value is -2.89. The first-order chi connectivity index (χ1) is 12.0. The van der Waals surface area contributed by atoms with Crippen molar-refractivity contribution in [3.63, 3.8) is 0 Å². The fraction of sp³-hybridized carbons (Fsp3) is 0.316. The molecule has 2 aromatic rings. The summed E-state index contributed by atoms with van der Waals surface area (Å²) in [4.78, 5) is 22.8. The highest BCUT2D eigenvalue weighted by atomic mass is 16.6. The summed E-state index contributed by atoms with van der Waals surface area (Å²) in [6.07, 6.45) is 0.0679. The minimum atomic E-state index is -0.825. The normalized spacial score (nSPS) is 12.9. The number of hydrogen-bond acceptors (Lipinski definition) is 4. The molecule has 0 spiro atoms. The molecule has 0 saturated carbocycles. The number of carbonyl (C=O) groups excluding carboxylic acids is 1. The van der Waals surface area contributed by atoms with Crippen molar-refractivity contribution in [1.29, 1.82) is 0 Å². The zero-order chi connectivity index (χ0) is 18.2. The van der Waals surface area contributed by atoms with Crippen LogP contribution in [0, 0.1) is 10.1 Å².